The molecule has 226 valence electrons. The van der Waals surface area contributed by atoms with Gasteiger partial charge in [0.2, 0.25) is 0 Å². The summed E-state index contributed by atoms with van der Waals surface area (Å²) in [5.74, 6) is -0.649. The molecule has 0 spiro atoms. The number of nitrogens with zero attached hydrogens (tertiary/aromatic N) is 3. The van der Waals surface area contributed by atoms with Crippen LogP contribution < -0.4 is 0 Å². The number of benzene rings is 1. The molecule has 2 heterocycles. The van der Waals surface area contributed by atoms with Crippen LogP contribution in [0.2, 0.25) is 0 Å². The molecule has 0 saturated heterocycles. The summed E-state index contributed by atoms with van der Waals surface area (Å²) in [7, 11) is 6.23. The molecule has 0 saturated carbocycles. The second-order valence-electron chi connectivity index (χ2n) is 9.31. The number of imidazole rings is 1. The number of carbonyl (C=O) groups is 3. The minimum absolute atomic E-state index is 0.0464. The van der Waals surface area contributed by atoms with Crippen molar-refractivity contribution >= 4 is 23.7 Å². The number of hydrogen-bond acceptors (Lipinski definition) is 8. The van der Waals surface area contributed by atoms with E-state index in [-0.39, 0.29) is 24.5 Å². The van der Waals surface area contributed by atoms with Crippen LogP contribution in [0.1, 0.15) is 60.8 Å². The number of ether oxygens (including phenoxy) is 3. The van der Waals surface area contributed by atoms with E-state index in [9.17, 15) is 9.59 Å². The molecular weight excluding hydrogens is 529 g/mol. The lowest BCUT2D eigenvalue weighted by Crippen LogP contribution is -2.35. The van der Waals surface area contributed by atoms with Crippen LogP contribution >= 0.6 is 0 Å². The first kappa shape index (κ1) is 35.6. The maximum absolute atomic E-state index is 15.4. The highest BCUT2D eigenvalue weighted by Crippen LogP contribution is 2.32. The summed E-state index contributed by atoms with van der Waals surface area (Å²) >= 11 is 0. The Hall–Kier alpha value is -3.47. The lowest BCUT2D eigenvalue weighted by Gasteiger charge is -2.21. The lowest BCUT2D eigenvalue weighted by atomic mass is 9.96. The van der Waals surface area contributed by atoms with Crippen LogP contribution in [-0.2, 0) is 30.2 Å². The maximum atomic E-state index is 15.4. The van der Waals surface area contributed by atoms with Crippen LogP contribution in [0.25, 0.3) is 16.9 Å². The summed E-state index contributed by atoms with van der Waals surface area (Å²) in [5, 5.41) is 0. The number of methoxy groups -OCH3 is 3. The highest BCUT2D eigenvalue weighted by Gasteiger charge is 2.23. The number of aryl methyl sites for hydroxylation is 2. The largest absolute Gasteiger partial charge is 0.471 e. The number of fused-ring (bicyclic) bond motifs is 1. The summed E-state index contributed by atoms with van der Waals surface area (Å²) in [6.45, 7) is 10.6. The van der Waals surface area contributed by atoms with Crippen molar-refractivity contribution in [1.82, 2.24) is 14.3 Å². The molecule has 0 aliphatic heterocycles. The van der Waals surface area contributed by atoms with Crippen molar-refractivity contribution in [3.05, 3.63) is 58.7 Å². The molecule has 0 radical (unpaired) electrons. The van der Waals surface area contributed by atoms with Gasteiger partial charge in [0.15, 0.2) is 17.9 Å². The van der Waals surface area contributed by atoms with Crippen LogP contribution in [0.15, 0.2) is 30.5 Å². The molecule has 0 fully saturated rings. The smallest absolute Gasteiger partial charge is 0.292 e. The average molecular weight is 574 g/mol. The fourth-order valence-electron chi connectivity index (χ4n) is 4.25. The molecule has 0 unspecified atom stereocenters. The molecule has 0 N–H and O–H groups in total. The molecule has 0 bridgehead atoms. The van der Waals surface area contributed by atoms with E-state index in [4.69, 9.17) is 19.3 Å². The molecular formula is C31H44FN3O6. The summed E-state index contributed by atoms with van der Waals surface area (Å²) < 4.78 is 31.6. The van der Waals surface area contributed by atoms with Gasteiger partial charge in [0.05, 0.1) is 31.5 Å². The Morgan fingerprint density at radius 2 is 1.76 bits per heavy atom. The van der Waals surface area contributed by atoms with Gasteiger partial charge in [0.25, 0.3) is 6.47 Å². The van der Waals surface area contributed by atoms with Gasteiger partial charge in [0, 0.05) is 44.5 Å². The molecule has 3 aromatic rings. The number of carbonyl (C=O) groups excluding carboxylic acids is 3. The molecule has 2 aromatic heterocycles. The molecule has 41 heavy (non-hydrogen) atoms. The second kappa shape index (κ2) is 18.1. The Morgan fingerprint density at radius 1 is 1.12 bits per heavy atom. The number of rotatable bonds is 13. The van der Waals surface area contributed by atoms with E-state index in [0.29, 0.717) is 59.6 Å². The molecule has 0 atom stereocenters. The second-order valence-corrected chi connectivity index (χ2v) is 9.31. The standard InChI is InChI=1S/C27H34FN3O4.C2H4O2.C2H6/c1-7-8-23(33)19-12-18(3)26(21(28)13-19)27-22(31-10-9-17(2)11-24(31)29-27)14-20(32)15-30(4)16-25(34-5)35-6;1-4-2-3;1-2/h9-13,25H,7-8,14-16H2,1-6H3;2H,1H3;1-2H3. The van der Waals surface area contributed by atoms with E-state index in [1.54, 1.807) is 27.2 Å². The number of aromatic nitrogens is 2. The molecule has 10 heteroatoms. The topological polar surface area (TPSA) is 99.4 Å². The third-order valence-corrected chi connectivity index (χ3v) is 6.10. The minimum atomic E-state index is -0.515. The Bertz CT molecular complexity index is 1260. The highest BCUT2D eigenvalue weighted by molar-refractivity contribution is 5.97. The fourth-order valence-corrected chi connectivity index (χ4v) is 4.25. The minimum Gasteiger partial charge on any atom is -0.471 e. The Labute approximate surface area is 242 Å². The van der Waals surface area contributed by atoms with Gasteiger partial charge in [-0.3, -0.25) is 19.3 Å². The van der Waals surface area contributed by atoms with Crippen LogP contribution in [-0.4, -0.2) is 80.1 Å². The number of pyridine rings is 1. The average Bonchev–Trinajstić information content (AvgIpc) is 3.28. The number of ketones is 2. The zero-order chi connectivity index (χ0) is 31.1. The predicted molar refractivity (Wildman–Crippen MR) is 158 cm³/mol. The monoisotopic (exact) mass is 573 g/mol. The van der Waals surface area contributed by atoms with Crippen LogP contribution in [0.4, 0.5) is 4.39 Å². The summed E-state index contributed by atoms with van der Waals surface area (Å²) in [4.78, 5) is 40.9. The number of hydrogen-bond donors (Lipinski definition) is 0. The third kappa shape index (κ3) is 10.1. The van der Waals surface area contributed by atoms with Gasteiger partial charge in [-0.25, -0.2) is 9.37 Å². The van der Waals surface area contributed by atoms with Gasteiger partial charge in [-0.15, -0.1) is 0 Å². The highest BCUT2D eigenvalue weighted by atomic mass is 19.1. The van der Waals surface area contributed by atoms with Gasteiger partial charge < -0.3 is 18.6 Å². The lowest BCUT2D eigenvalue weighted by molar-refractivity contribution is -0.126. The zero-order valence-electron chi connectivity index (χ0n) is 25.7. The van der Waals surface area contributed by atoms with Gasteiger partial charge in [0.1, 0.15) is 11.5 Å². The van der Waals surface area contributed by atoms with Gasteiger partial charge in [-0.05, 0) is 62.7 Å². The number of likely N-dealkylation sites (N-methyl/N-ethyl adjacent to an activating group) is 1. The Kier molecular flexibility index (Phi) is 15.7. The van der Waals surface area contributed by atoms with Crippen LogP contribution in [0, 0.1) is 19.7 Å². The fraction of sp³-hybridized carbons (Fsp3) is 0.484. The van der Waals surface area contributed by atoms with Crippen molar-refractivity contribution in [1.29, 1.82) is 0 Å². The van der Waals surface area contributed by atoms with E-state index in [0.717, 1.165) is 5.56 Å². The molecule has 9 nitrogen and oxygen atoms in total. The van der Waals surface area contributed by atoms with E-state index >= 15 is 4.39 Å². The number of Topliss-reactive ketones (excluding diaryl/α,β-unsaturated/α-hetero) is 2. The van der Waals surface area contributed by atoms with Crippen molar-refractivity contribution in [2.75, 3.05) is 41.5 Å². The van der Waals surface area contributed by atoms with Crippen LogP contribution in [0.3, 0.4) is 0 Å². The van der Waals surface area contributed by atoms with Gasteiger partial charge in [-0.1, -0.05) is 20.8 Å². The summed E-state index contributed by atoms with van der Waals surface area (Å²) in [5.41, 5.74) is 3.96. The zero-order valence-corrected chi connectivity index (χ0v) is 25.7. The molecule has 0 amide bonds. The van der Waals surface area contributed by atoms with E-state index in [1.165, 1.54) is 13.2 Å². The van der Waals surface area contributed by atoms with E-state index in [2.05, 4.69) is 4.74 Å². The predicted octanol–water partition coefficient (Wildman–Crippen LogP) is 5.22. The third-order valence-electron chi connectivity index (χ3n) is 6.10. The van der Waals surface area contributed by atoms with Crippen molar-refractivity contribution in [3.63, 3.8) is 0 Å². The van der Waals surface area contributed by atoms with Crippen molar-refractivity contribution in [3.8, 4) is 11.3 Å². The molecule has 0 aliphatic carbocycles. The first-order chi connectivity index (χ1) is 19.6. The first-order valence-corrected chi connectivity index (χ1v) is 13.6. The maximum Gasteiger partial charge on any atom is 0.292 e. The normalized spacial score (nSPS) is 10.6. The van der Waals surface area contributed by atoms with E-state index < -0.39 is 12.1 Å². The van der Waals surface area contributed by atoms with Crippen LogP contribution in [0.5, 0.6) is 0 Å². The Balaban J connectivity index is 0.00000129. The molecule has 1 aromatic carbocycles. The van der Waals surface area contributed by atoms with E-state index in [1.807, 2.05) is 62.4 Å². The van der Waals surface area contributed by atoms with Gasteiger partial charge in [-0.2, -0.15) is 0 Å². The SMILES string of the molecule is CC.CCCC(=O)c1cc(C)c(-c2nc3cc(C)ccn3c2CC(=O)CN(C)CC(OC)OC)c(F)c1.COC=O. The van der Waals surface area contributed by atoms with Gasteiger partial charge >= 0.3 is 0 Å². The quantitative estimate of drug-likeness (QED) is 0.156. The Morgan fingerprint density at radius 3 is 2.29 bits per heavy atom. The summed E-state index contributed by atoms with van der Waals surface area (Å²) in [6.07, 6.45) is 2.55. The van der Waals surface area contributed by atoms with Crippen molar-refractivity contribution in [2.45, 2.75) is 60.2 Å². The number of halogens is 1. The summed E-state index contributed by atoms with van der Waals surface area (Å²) in [6, 6.07) is 6.82. The molecule has 0 aliphatic rings. The van der Waals surface area contributed by atoms with Crippen molar-refractivity contribution in [2.24, 2.45) is 0 Å². The van der Waals surface area contributed by atoms with Crippen molar-refractivity contribution < 1.29 is 33.0 Å². The first-order valence-electron chi connectivity index (χ1n) is 13.6. The molecule has 3 rings (SSSR count).